The predicted octanol–water partition coefficient (Wildman–Crippen LogP) is 3.54. The van der Waals surface area contributed by atoms with E-state index in [1.807, 2.05) is 24.3 Å². The van der Waals surface area contributed by atoms with Gasteiger partial charge in [-0.25, -0.2) is 4.39 Å². The van der Waals surface area contributed by atoms with E-state index in [4.69, 9.17) is 0 Å². The van der Waals surface area contributed by atoms with Crippen molar-refractivity contribution in [2.24, 2.45) is 0 Å². The molecule has 0 spiro atoms. The van der Waals surface area contributed by atoms with Crippen LogP contribution in [0.5, 0.6) is 0 Å². The Kier molecular flexibility index (Phi) is 4.07. The number of aromatic nitrogens is 4. The summed E-state index contributed by atoms with van der Waals surface area (Å²) in [5.74, 6) is -0.139. The third-order valence-electron chi connectivity index (χ3n) is 4.63. The van der Waals surface area contributed by atoms with Crippen LogP contribution in [0.1, 0.15) is 24.2 Å². The largest absolute Gasteiger partial charge is 0.323 e. The Balaban J connectivity index is 1.63. The molecule has 0 atom stereocenters. The predicted molar refractivity (Wildman–Crippen MR) is 97.5 cm³/mol. The number of hydrogen-bond acceptors (Lipinski definition) is 4. The molecule has 1 aromatic heterocycles. The normalized spacial score (nSPS) is 14.9. The molecule has 2 aromatic carbocycles. The number of benzene rings is 2. The van der Waals surface area contributed by atoms with Crippen molar-refractivity contribution in [3.63, 3.8) is 0 Å². The molecule has 0 unspecified atom stereocenters. The van der Waals surface area contributed by atoms with E-state index in [0.29, 0.717) is 11.5 Å². The number of nitrogens with one attached hydrogen (secondary N) is 1. The minimum Gasteiger partial charge on any atom is -0.323 e. The van der Waals surface area contributed by atoms with Crippen LogP contribution in [0.25, 0.3) is 5.69 Å². The molecule has 3 aromatic rings. The van der Waals surface area contributed by atoms with Gasteiger partial charge in [0.2, 0.25) is 5.91 Å². The van der Waals surface area contributed by atoms with Gasteiger partial charge in [-0.05, 0) is 66.1 Å². The Labute approximate surface area is 157 Å². The first kappa shape index (κ1) is 16.8. The van der Waals surface area contributed by atoms with E-state index in [-0.39, 0.29) is 11.6 Å². The lowest BCUT2D eigenvalue weighted by Crippen LogP contribution is -2.28. The molecule has 0 radical (unpaired) electrons. The minimum atomic E-state index is -0.600. The van der Waals surface area contributed by atoms with Gasteiger partial charge in [-0.3, -0.25) is 4.79 Å². The Hall–Kier alpha value is -2.61. The number of rotatable bonds is 4. The molecule has 132 valence electrons. The molecular formula is C18H15BrFN5O. The van der Waals surface area contributed by atoms with Crippen LogP contribution in [-0.2, 0) is 10.2 Å². The highest BCUT2D eigenvalue weighted by molar-refractivity contribution is 9.10. The zero-order valence-electron chi connectivity index (χ0n) is 13.9. The number of aryl methyl sites for hydroxylation is 1. The number of carbonyl (C=O) groups is 1. The van der Waals surface area contributed by atoms with Crippen molar-refractivity contribution in [1.29, 1.82) is 0 Å². The monoisotopic (exact) mass is 415 g/mol. The van der Waals surface area contributed by atoms with Gasteiger partial charge in [-0.1, -0.05) is 28.1 Å². The van der Waals surface area contributed by atoms with E-state index in [1.165, 1.54) is 16.8 Å². The second-order valence-corrected chi connectivity index (χ2v) is 7.26. The van der Waals surface area contributed by atoms with Crippen LogP contribution in [0.2, 0.25) is 0 Å². The van der Waals surface area contributed by atoms with Crippen molar-refractivity contribution < 1.29 is 9.18 Å². The van der Waals surface area contributed by atoms with Crippen molar-refractivity contribution in [3.05, 3.63) is 64.1 Å². The van der Waals surface area contributed by atoms with Crippen LogP contribution in [0.4, 0.5) is 10.1 Å². The van der Waals surface area contributed by atoms with Crippen LogP contribution in [0.15, 0.2) is 46.9 Å². The second-order valence-electron chi connectivity index (χ2n) is 6.35. The molecule has 4 rings (SSSR count). The molecule has 0 bridgehead atoms. The fraction of sp³-hybridized carbons (Fsp3) is 0.222. The van der Waals surface area contributed by atoms with Crippen LogP contribution < -0.4 is 5.32 Å². The van der Waals surface area contributed by atoms with Gasteiger partial charge in [-0.2, -0.15) is 4.68 Å². The topological polar surface area (TPSA) is 72.7 Å². The maximum atomic E-state index is 14.3. The third kappa shape index (κ3) is 2.90. The minimum absolute atomic E-state index is 0.115. The van der Waals surface area contributed by atoms with Gasteiger partial charge >= 0.3 is 0 Å². The Morgan fingerprint density at radius 2 is 2.08 bits per heavy atom. The molecule has 1 amide bonds. The van der Waals surface area contributed by atoms with Crippen molar-refractivity contribution in [2.45, 2.75) is 25.2 Å². The Morgan fingerprint density at radius 3 is 2.73 bits per heavy atom. The molecule has 1 aliphatic rings. The van der Waals surface area contributed by atoms with Gasteiger partial charge in [0.25, 0.3) is 0 Å². The summed E-state index contributed by atoms with van der Waals surface area (Å²) >= 11 is 3.44. The lowest BCUT2D eigenvalue weighted by Gasteiger charge is -2.17. The van der Waals surface area contributed by atoms with Crippen LogP contribution in [0, 0.1) is 12.7 Å². The number of tetrazole rings is 1. The molecule has 1 fully saturated rings. The molecule has 8 heteroatoms. The SMILES string of the molecule is Cc1nnnn1-c1ccc(F)c(NC(=O)C2(c3cccc(Br)c3)CC2)c1. The van der Waals surface area contributed by atoms with E-state index >= 15 is 0 Å². The van der Waals surface area contributed by atoms with E-state index in [9.17, 15) is 9.18 Å². The maximum Gasteiger partial charge on any atom is 0.235 e. The lowest BCUT2D eigenvalue weighted by molar-refractivity contribution is -0.118. The van der Waals surface area contributed by atoms with E-state index < -0.39 is 11.2 Å². The van der Waals surface area contributed by atoms with Gasteiger partial charge in [0.1, 0.15) is 5.82 Å². The van der Waals surface area contributed by atoms with Crippen LogP contribution >= 0.6 is 15.9 Å². The average Bonchev–Trinajstić information content (AvgIpc) is 3.33. The zero-order chi connectivity index (χ0) is 18.3. The number of nitrogens with zero attached hydrogens (tertiary/aromatic N) is 4. The van der Waals surface area contributed by atoms with Crippen LogP contribution in [-0.4, -0.2) is 26.1 Å². The number of amides is 1. The average molecular weight is 416 g/mol. The molecule has 0 aliphatic heterocycles. The first-order valence-electron chi connectivity index (χ1n) is 8.12. The maximum absolute atomic E-state index is 14.3. The lowest BCUT2D eigenvalue weighted by atomic mass is 9.95. The second kappa shape index (κ2) is 6.28. The van der Waals surface area contributed by atoms with Gasteiger partial charge in [0.05, 0.1) is 16.8 Å². The number of halogens is 2. The quantitative estimate of drug-likeness (QED) is 0.706. The number of hydrogen-bond donors (Lipinski definition) is 1. The summed E-state index contributed by atoms with van der Waals surface area (Å²) in [6.07, 6.45) is 1.48. The molecule has 1 aliphatic carbocycles. The van der Waals surface area contributed by atoms with Gasteiger partial charge in [0, 0.05) is 4.47 Å². The van der Waals surface area contributed by atoms with Gasteiger partial charge < -0.3 is 5.32 Å². The van der Waals surface area contributed by atoms with Crippen molar-refractivity contribution in [1.82, 2.24) is 20.2 Å². The van der Waals surface area contributed by atoms with E-state index in [0.717, 1.165) is 22.9 Å². The highest BCUT2D eigenvalue weighted by atomic mass is 79.9. The molecular weight excluding hydrogens is 401 g/mol. The highest BCUT2D eigenvalue weighted by Crippen LogP contribution is 2.49. The molecule has 1 saturated carbocycles. The summed E-state index contributed by atoms with van der Waals surface area (Å²) in [6, 6.07) is 12.1. The first-order chi connectivity index (χ1) is 12.5. The third-order valence-corrected chi connectivity index (χ3v) is 5.12. The summed E-state index contributed by atoms with van der Waals surface area (Å²) in [6.45, 7) is 1.74. The van der Waals surface area contributed by atoms with E-state index in [1.54, 1.807) is 13.0 Å². The van der Waals surface area contributed by atoms with Crippen LogP contribution in [0.3, 0.4) is 0 Å². The first-order valence-corrected chi connectivity index (χ1v) is 8.91. The molecule has 0 saturated heterocycles. The standard InChI is InChI=1S/C18H15BrFN5O/c1-11-22-23-24-25(11)14-5-6-15(20)16(10-14)21-17(26)18(7-8-18)12-3-2-4-13(19)9-12/h2-6,9-10H,7-8H2,1H3,(H,21,26). The van der Waals surface area contributed by atoms with Crippen molar-refractivity contribution in [3.8, 4) is 5.69 Å². The Bertz CT molecular complexity index is 999. The molecule has 26 heavy (non-hydrogen) atoms. The van der Waals surface area contributed by atoms with Crippen molar-refractivity contribution in [2.75, 3.05) is 5.32 Å². The summed E-state index contributed by atoms with van der Waals surface area (Å²) in [5.41, 5.74) is 1.02. The summed E-state index contributed by atoms with van der Waals surface area (Å²) in [5, 5.41) is 14.0. The summed E-state index contributed by atoms with van der Waals surface area (Å²) in [4.78, 5) is 12.9. The summed E-state index contributed by atoms with van der Waals surface area (Å²) in [7, 11) is 0. The smallest absolute Gasteiger partial charge is 0.235 e. The molecule has 1 heterocycles. The summed E-state index contributed by atoms with van der Waals surface area (Å²) < 4.78 is 16.7. The fourth-order valence-electron chi connectivity index (χ4n) is 3.01. The Morgan fingerprint density at radius 1 is 1.27 bits per heavy atom. The fourth-order valence-corrected chi connectivity index (χ4v) is 3.41. The highest BCUT2D eigenvalue weighted by Gasteiger charge is 2.51. The molecule has 6 nitrogen and oxygen atoms in total. The number of carbonyl (C=O) groups excluding carboxylic acids is 1. The van der Waals surface area contributed by atoms with Gasteiger partial charge in [0.15, 0.2) is 5.82 Å². The number of anilines is 1. The van der Waals surface area contributed by atoms with Crippen molar-refractivity contribution >= 4 is 27.5 Å². The van der Waals surface area contributed by atoms with E-state index in [2.05, 4.69) is 36.8 Å². The molecule has 1 N–H and O–H groups in total. The zero-order valence-corrected chi connectivity index (χ0v) is 15.5. The van der Waals surface area contributed by atoms with Gasteiger partial charge in [-0.15, -0.1) is 5.10 Å².